The third-order valence-corrected chi connectivity index (χ3v) is 2.95. The van der Waals surface area contributed by atoms with Crippen molar-refractivity contribution < 1.29 is 22.7 Å². The molecule has 1 rings (SSSR count). The van der Waals surface area contributed by atoms with E-state index >= 15 is 0 Å². The van der Waals surface area contributed by atoms with Crippen molar-refractivity contribution in [1.29, 1.82) is 0 Å². The van der Waals surface area contributed by atoms with Crippen molar-refractivity contribution in [3.63, 3.8) is 0 Å². The summed E-state index contributed by atoms with van der Waals surface area (Å²) in [6, 6.07) is 3.69. The molecule has 1 N–H and O–H groups in total. The minimum Gasteiger partial charge on any atom is -0.388 e. The molecule has 1 aromatic rings. The van der Waals surface area contributed by atoms with E-state index in [2.05, 4.69) is 15.9 Å². The molecule has 1 aromatic carbocycles. The van der Waals surface area contributed by atoms with Gasteiger partial charge < -0.3 is 5.11 Å². The van der Waals surface area contributed by atoms with Crippen LogP contribution in [0.5, 0.6) is 0 Å². The van der Waals surface area contributed by atoms with Crippen LogP contribution in [0.15, 0.2) is 22.7 Å². The lowest BCUT2D eigenvalue weighted by atomic mass is 10.0. The average molecular weight is 315 g/mol. The second-order valence-corrected chi connectivity index (χ2v) is 4.54. The molecule has 0 bridgehead atoms. The summed E-state index contributed by atoms with van der Waals surface area (Å²) < 4.78 is 48.8. The molecule has 96 valence electrons. The van der Waals surface area contributed by atoms with Crippen LogP contribution in [0.1, 0.15) is 30.9 Å². The standard InChI is InChI=1S/C11H11BrF4O/c12-9-6-7(13)3-4-8(9)10(17)2-1-5-11(14,15)16/h3-4,6,10,17H,1-2,5H2. The number of aliphatic hydroxyl groups is 1. The number of halogens is 5. The van der Waals surface area contributed by atoms with Gasteiger partial charge in [0.25, 0.3) is 0 Å². The van der Waals surface area contributed by atoms with Crippen molar-refractivity contribution in [2.24, 2.45) is 0 Å². The zero-order valence-corrected chi connectivity index (χ0v) is 10.4. The van der Waals surface area contributed by atoms with Gasteiger partial charge in [0.2, 0.25) is 0 Å². The first-order chi connectivity index (χ1) is 7.79. The Kier molecular flexibility index (Phi) is 4.94. The summed E-state index contributed by atoms with van der Waals surface area (Å²) in [6.07, 6.45) is -6.33. The topological polar surface area (TPSA) is 20.2 Å². The molecule has 0 aliphatic rings. The molecule has 6 heteroatoms. The second-order valence-electron chi connectivity index (χ2n) is 3.69. The van der Waals surface area contributed by atoms with Gasteiger partial charge in [-0.1, -0.05) is 22.0 Å². The van der Waals surface area contributed by atoms with E-state index in [-0.39, 0.29) is 12.8 Å². The highest BCUT2D eigenvalue weighted by molar-refractivity contribution is 9.10. The quantitative estimate of drug-likeness (QED) is 0.819. The van der Waals surface area contributed by atoms with E-state index in [0.717, 1.165) is 6.07 Å². The van der Waals surface area contributed by atoms with Crippen LogP contribution in [0.3, 0.4) is 0 Å². The van der Waals surface area contributed by atoms with Crippen molar-refractivity contribution in [3.05, 3.63) is 34.1 Å². The van der Waals surface area contributed by atoms with Crippen molar-refractivity contribution in [2.75, 3.05) is 0 Å². The fourth-order valence-electron chi connectivity index (χ4n) is 1.42. The van der Waals surface area contributed by atoms with Crippen molar-refractivity contribution >= 4 is 15.9 Å². The maximum absolute atomic E-state index is 12.8. The van der Waals surface area contributed by atoms with E-state index in [4.69, 9.17) is 0 Å². The third kappa shape index (κ3) is 5.04. The minimum absolute atomic E-state index is 0.0102. The monoisotopic (exact) mass is 314 g/mol. The van der Waals surface area contributed by atoms with Crippen LogP contribution in [0.25, 0.3) is 0 Å². The van der Waals surface area contributed by atoms with Crippen molar-refractivity contribution in [3.8, 4) is 0 Å². The van der Waals surface area contributed by atoms with Gasteiger partial charge in [-0.3, -0.25) is 0 Å². The normalized spacial score (nSPS) is 13.8. The van der Waals surface area contributed by atoms with Crippen molar-refractivity contribution in [2.45, 2.75) is 31.5 Å². The number of alkyl halides is 3. The Balaban J connectivity index is 2.55. The average Bonchev–Trinajstić information content (AvgIpc) is 2.15. The first kappa shape index (κ1) is 14.4. The van der Waals surface area contributed by atoms with Gasteiger partial charge in [0, 0.05) is 10.9 Å². The third-order valence-electron chi connectivity index (χ3n) is 2.26. The lowest BCUT2D eigenvalue weighted by molar-refractivity contribution is -0.136. The summed E-state index contributed by atoms with van der Waals surface area (Å²) in [5.41, 5.74) is 0.397. The summed E-state index contributed by atoms with van der Waals surface area (Å²) >= 11 is 3.06. The van der Waals surface area contributed by atoms with Crippen LogP contribution in [0.4, 0.5) is 17.6 Å². The van der Waals surface area contributed by atoms with Gasteiger partial charge in [-0.25, -0.2) is 4.39 Å². The van der Waals surface area contributed by atoms with Crippen molar-refractivity contribution in [1.82, 2.24) is 0 Å². The fourth-order valence-corrected chi connectivity index (χ4v) is 2.04. The first-order valence-electron chi connectivity index (χ1n) is 4.99. The molecule has 1 unspecified atom stereocenters. The molecule has 0 saturated carbocycles. The van der Waals surface area contributed by atoms with E-state index in [1.54, 1.807) is 0 Å². The predicted molar refractivity (Wildman–Crippen MR) is 59.0 cm³/mol. The fraction of sp³-hybridized carbons (Fsp3) is 0.455. The number of rotatable bonds is 4. The van der Waals surface area contributed by atoms with Crippen LogP contribution < -0.4 is 0 Å². The molecule has 1 nitrogen and oxygen atoms in total. The Morgan fingerprint density at radius 3 is 2.47 bits per heavy atom. The smallest absolute Gasteiger partial charge is 0.388 e. The molecule has 0 fully saturated rings. The van der Waals surface area contributed by atoms with Gasteiger partial charge in [-0.2, -0.15) is 13.2 Å². The second kappa shape index (κ2) is 5.82. The van der Waals surface area contributed by atoms with Gasteiger partial charge in [0.15, 0.2) is 0 Å². The lowest BCUT2D eigenvalue weighted by Gasteiger charge is -2.13. The van der Waals surface area contributed by atoms with Crippen LogP contribution >= 0.6 is 15.9 Å². The highest BCUT2D eigenvalue weighted by Crippen LogP contribution is 2.30. The van der Waals surface area contributed by atoms with Crippen LogP contribution in [-0.2, 0) is 0 Å². The van der Waals surface area contributed by atoms with E-state index in [9.17, 15) is 22.7 Å². The van der Waals surface area contributed by atoms with E-state index in [1.165, 1.54) is 12.1 Å². The molecule has 0 aromatic heterocycles. The Morgan fingerprint density at radius 1 is 1.29 bits per heavy atom. The SMILES string of the molecule is OC(CCCC(F)(F)F)c1ccc(F)cc1Br. The summed E-state index contributed by atoms with van der Waals surface area (Å²) in [5.74, 6) is -0.469. The molecule has 0 heterocycles. The molecule has 0 saturated heterocycles. The summed E-state index contributed by atoms with van der Waals surface area (Å²) in [7, 11) is 0. The van der Waals surface area contributed by atoms with Gasteiger partial charge in [-0.15, -0.1) is 0 Å². The van der Waals surface area contributed by atoms with E-state index in [1.807, 2.05) is 0 Å². The molecule has 17 heavy (non-hydrogen) atoms. The summed E-state index contributed by atoms with van der Waals surface area (Å²) in [6.45, 7) is 0. The first-order valence-corrected chi connectivity index (χ1v) is 5.78. The largest absolute Gasteiger partial charge is 0.389 e. The van der Waals surface area contributed by atoms with E-state index < -0.39 is 24.5 Å². The number of hydrogen-bond acceptors (Lipinski definition) is 1. The Morgan fingerprint density at radius 2 is 1.94 bits per heavy atom. The van der Waals surface area contributed by atoms with E-state index in [0.29, 0.717) is 10.0 Å². The molecule has 0 amide bonds. The molecule has 0 aliphatic heterocycles. The lowest BCUT2D eigenvalue weighted by Crippen LogP contribution is -2.08. The molecular formula is C11H11BrF4O. The van der Waals surface area contributed by atoms with Crippen LogP contribution in [-0.4, -0.2) is 11.3 Å². The Labute approximate surface area is 105 Å². The maximum Gasteiger partial charge on any atom is 0.389 e. The number of benzene rings is 1. The van der Waals surface area contributed by atoms with Gasteiger partial charge in [-0.05, 0) is 30.5 Å². The summed E-state index contributed by atoms with van der Waals surface area (Å²) in [4.78, 5) is 0. The Hall–Kier alpha value is -0.620. The molecule has 1 atom stereocenters. The highest BCUT2D eigenvalue weighted by atomic mass is 79.9. The molecular weight excluding hydrogens is 304 g/mol. The minimum atomic E-state index is -4.21. The zero-order valence-electron chi connectivity index (χ0n) is 8.77. The predicted octanol–water partition coefficient (Wildman–Crippen LogP) is 4.35. The van der Waals surface area contributed by atoms with Crippen LogP contribution in [0, 0.1) is 5.82 Å². The van der Waals surface area contributed by atoms with Gasteiger partial charge in [0.1, 0.15) is 5.82 Å². The molecule has 0 radical (unpaired) electrons. The highest BCUT2D eigenvalue weighted by Gasteiger charge is 2.26. The molecule has 0 spiro atoms. The Bertz CT molecular complexity index is 378. The van der Waals surface area contributed by atoms with Crippen LogP contribution in [0.2, 0.25) is 0 Å². The van der Waals surface area contributed by atoms with Gasteiger partial charge in [0.05, 0.1) is 6.10 Å². The number of aliphatic hydroxyl groups excluding tert-OH is 1. The number of hydrogen-bond donors (Lipinski definition) is 1. The zero-order chi connectivity index (χ0) is 13.1. The maximum atomic E-state index is 12.8. The van der Waals surface area contributed by atoms with Gasteiger partial charge >= 0.3 is 6.18 Å². The summed E-state index contributed by atoms with van der Waals surface area (Å²) in [5, 5.41) is 9.67. The molecule has 0 aliphatic carbocycles.